The molecule has 0 aromatic rings. The molecule has 0 bridgehead atoms. The fourth-order valence-corrected chi connectivity index (χ4v) is 13.2. The number of ether oxygens (including phenoxy) is 4. The average Bonchev–Trinajstić information content (AvgIpc) is 1.65. The van der Waals surface area contributed by atoms with Crippen molar-refractivity contribution in [2.45, 2.75) is 413 Å². The van der Waals surface area contributed by atoms with Gasteiger partial charge in [-0.3, -0.25) is 37.3 Å². The largest absolute Gasteiger partial charge is 0.472 e. The summed E-state index contributed by atoms with van der Waals surface area (Å²) >= 11 is 0. The normalized spacial score (nSPS) is 14.3. The maximum atomic E-state index is 13.1. The number of esters is 4. The third-order valence-electron chi connectivity index (χ3n) is 18.1. The van der Waals surface area contributed by atoms with Gasteiger partial charge in [0.25, 0.3) is 0 Å². The third-order valence-corrected chi connectivity index (χ3v) is 20.0. The van der Waals surface area contributed by atoms with Crippen LogP contribution in [0.4, 0.5) is 0 Å². The van der Waals surface area contributed by atoms with Gasteiger partial charge in [-0.1, -0.05) is 343 Å². The lowest BCUT2D eigenvalue weighted by Crippen LogP contribution is -2.30. The second-order valence-corrected chi connectivity index (χ2v) is 31.0. The Kier molecular flexibility index (Phi) is 66.5. The van der Waals surface area contributed by atoms with Gasteiger partial charge < -0.3 is 33.8 Å². The molecule has 17 nitrogen and oxygen atoms in total. The van der Waals surface area contributed by atoms with E-state index < -0.39 is 97.5 Å². The van der Waals surface area contributed by atoms with Crippen molar-refractivity contribution < 1.29 is 80.2 Å². The van der Waals surface area contributed by atoms with Crippen LogP contribution in [0.1, 0.15) is 395 Å². The quantitative estimate of drug-likeness (QED) is 0.0222. The van der Waals surface area contributed by atoms with Crippen molar-refractivity contribution in [2.75, 3.05) is 39.6 Å². The van der Waals surface area contributed by atoms with Crippen LogP contribution in [-0.4, -0.2) is 96.7 Å². The number of hydrogen-bond donors (Lipinski definition) is 3. The zero-order valence-electron chi connectivity index (χ0n) is 62.0. The van der Waals surface area contributed by atoms with Crippen LogP contribution in [0.25, 0.3) is 0 Å². The fourth-order valence-electron chi connectivity index (χ4n) is 11.6. The molecule has 0 heterocycles. The van der Waals surface area contributed by atoms with Crippen LogP contribution in [0, 0.1) is 11.8 Å². The first kappa shape index (κ1) is 93.1. The molecule has 3 unspecified atom stereocenters. The number of hydrogen-bond acceptors (Lipinski definition) is 15. The smallest absolute Gasteiger partial charge is 0.462 e. The molecule has 0 amide bonds. The third kappa shape index (κ3) is 69.0. The predicted octanol–water partition coefficient (Wildman–Crippen LogP) is 22.3. The molecule has 95 heavy (non-hydrogen) atoms. The van der Waals surface area contributed by atoms with Crippen LogP contribution in [0.2, 0.25) is 0 Å². The van der Waals surface area contributed by atoms with Crippen molar-refractivity contribution in [3.63, 3.8) is 0 Å². The summed E-state index contributed by atoms with van der Waals surface area (Å²) in [7, 11) is -9.91. The number of phosphoric ester groups is 2. The molecular formula is C76H148O17P2. The van der Waals surface area contributed by atoms with Gasteiger partial charge in [-0.2, -0.15) is 0 Å². The van der Waals surface area contributed by atoms with Gasteiger partial charge in [0.15, 0.2) is 12.2 Å². The SMILES string of the molecule is CCCCCCCCCCCCCCCCCCC(=O)O[C@H](COC(=O)CCCCCCCCCCCCCCCCC)COP(=O)(O)OC[C@@H](O)COP(=O)(O)OC[C@@H](COC(=O)CCCCCCCCC(C)CC)OC(=O)CCCCCCCCCCCCCC(C)C. The Morgan fingerprint density at radius 3 is 0.800 bits per heavy atom. The van der Waals surface area contributed by atoms with E-state index in [4.69, 9.17) is 37.0 Å². The van der Waals surface area contributed by atoms with Crippen molar-refractivity contribution in [1.29, 1.82) is 0 Å². The van der Waals surface area contributed by atoms with E-state index in [1.807, 2.05) is 0 Å². The number of carbonyl (C=O) groups excluding carboxylic acids is 4. The summed E-state index contributed by atoms with van der Waals surface area (Å²) in [6.07, 6.45) is 55.4. The molecule has 0 aliphatic rings. The molecule has 0 saturated heterocycles. The summed E-state index contributed by atoms with van der Waals surface area (Å²) in [4.78, 5) is 72.8. The van der Waals surface area contributed by atoms with E-state index in [0.29, 0.717) is 25.7 Å². The minimum absolute atomic E-state index is 0.106. The summed E-state index contributed by atoms with van der Waals surface area (Å²) in [5, 5.41) is 10.6. The summed E-state index contributed by atoms with van der Waals surface area (Å²) in [5.41, 5.74) is 0. The second-order valence-electron chi connectivity index (χ2n) is 28.1. The van der Waals surface area contributed by atoms with E-state index >= 15 is 0 Å². The van der Waals surface area contributed by atoms with E-state index in [9.17, 15) is 43.2 Å². The van der Waals surface area contributed by atoms with E-state index in [1.54, 1.807) is 0 Å². The lowest BCUT2D eigenvalue weighted by atomic mass is 10.00. The Bertz CT molecular complexity index is 1840. The molecule has 6 atom stereocenters. The van der Waals surface area contributed by atoms with Crippen molar-refractivity contribution in [3.05, 3.63) is 0 Å². The van der Waals surface area contributed by atoms with E-state index in [0.717, 1.165) is 108 Å². The van der Waals surface area contributed by atoms with Crippen LogP contribution >= 0.6 is 15.6 Å². The zero-order valence-corrected chi connectivity index (χ0v) is 63.8. The van der Waals surface area contributed by atoms with Crippen molar-refractivity contribution in [3.8, 4) is 0 Å². The highest BCUT2D eigenvalue weighted by Gasteiger charge is 2.30. The molecule has 0 aliphatic carbocycles. The van der Waals surface area contributed by atoms with Crippen LogP contribution in [0.5, 0.6) is 0 Å². The Labute approximate surface area is 581 Å². The van der Waals surface area contributed by atoms with E-state index in [1.165, 1.54) is 205 Å². The minimum atomic E-state index is -4.96. The molecule has 0 rings (SSSR count). The maximum absolute atomic E-state index is 13.1. The highest BCUT2D eigenvalue weighted by Crippen LogP contribution is 2.45. The zero-order chi connectivity index (χ0) is 70.0. The van der Waals surface area contributed by atoms with Crippen LogP contribution < -0.4 is 0 Å². The topological polar surface area (TPSA) is 237 Å². The van der Waals surface area contributed by atoms with Gasteiger partial charge in [0.2, 0.25) is 0 Å². The maximum Gasteiger partial charge on any atom is 0.472 e. The average molecular weight is 1400 g/mol. The number of phosphoric acid groups is 2. The van der Waals surface area contributed by atoms with E-state index in [2.05, 4.69) is 41.5 Å². The molecule has 0 aliphatic heterocycles. The Hall–Kier alpha value is -1.94. The van der Waals surface area contributed by atoms with Crippen LogP contribution in [0.15, 0.2) is 0 Å². The number of unbranched alkanes of at least 4 members (excludes halogenated alkanes) is 44. The number of carbonyl (C=O) groups is 4. The molecule has 0 saturated carbocycles. The number of aliphatic hydroxyl groups is 1. The monoisotopic (exact) mass is 1400 g/mol. The molecule has 0 radical (unpaired) electrons. The summed E-state index contributed by atoms with van der Waals surface area (Å²) in [6, 6.07) is 0. The van der Waals surface area contributed by atoms with Gasteiger partial charge in [-0.15, -0.1) is 0 Å². The highest BCUT2D eigenvalue weighted by molar-refractivity contribution is 7.47. The highest BCUT2D eigenvalue weighted by atomic mass is 31.2. The predicted molar refractivity (Wildman–Crippen MR) is 386 cm³/mol. The van der Waals surface area contributed by atoms with Gasteiger partial charge in [-0.25, -0.2) is 9.13 Å². The lowest BCUT2D eigenvalue weighted by Gasteiger charge is -2.21. The fraction of sp³-hybridized carbons (Fsp3) is 0.947. The number of aliphatic hydroxyl groups excluding tert-OH is 1. The second kappa shape index (κ2) is 67.9. The standard InChI is InChI=1S/C76H148O17P2/c1-7-10-12-14-16-18-20-22-24-26-28-32-36-40-48-54-60-75(80)92-71(64-86-73(78)58-52-46-39-35-31-27-25-23-21-19-17-15-13-11-8-2)66-90-94(82,83)88-62-70(77)63-89-95(84,85)91-67-72(65-87-74(79)59-53-47-43-42-45-51-57-69(6)9-3)93-76(81)61-55-49-41-37-33-29-30-34-38-44-50-56-68(4)5/h68-72,77H,7-67H2,1-6H3,(H,82,83)(H,84,85)/t69?,70-,71-,72-/m1/s1. The van der Waals surface area contributed by atoms with Crippen LogP contribution in [-0.2, 0) is 65.4 Å². The first-order chi connectivity index (χ1) is 45.9. The Morgan fingerprint density at radius 1 is 0.305 bits per heavy atom. The first-order valence-electron chi connectivity index (χ1n) is 39.5. The van der Waals surface area contributed by atoms with Gasteiger partial charge in [-0.05, 0) is 37.5 Å². The minimum Gasteiger partial charge on any atom is -0.462 e. The Balaban J connectivity index is 5.26. The van der Waals surface area contributed by atoms with Gasteiger partial charge in [0.1, 0.15) is 19.3 Å². The van der Waals surface area contributed by atoms with Crippen LogP contribution in [0.3, 0.4) is 0 Å². The molecule has 564 valence electrons. The van der Waals surface area contributed by atoms with Crippen molar-refractivity contribution in [1.82, 2.24) is 0 Å². The summed E-state index contributed by atoms with van der Waals surface area (Å²) in [6.45, 7) is 9.57. The van der Waals surface area contributed by atoms with Crippen molar-refractivity contribution >= 4 is 39.5 Å². The molecule has 3 N–H and O–H groups in total. The van der Waals surface area contributed by atoms with Crippen molar-refractivity contribution in [2.24, 2.45) is 11.8 Å². The summed E-state index contributed by atoms with van der Waals surface area (Å²) < 4.78 is 68.5. The van der Waals surface area contributed by atoms with Gasteiger partial charge in [0.05, 0.1) is 26.4 Å². The molecular weight excluding hydrogens is 1250 g/mol. The molecule has 19 heteroatoms. The molecule has 0 aromatic heterocycles. The lowest BCUT2D eigenvalue weighted by molar-refractivity contribution is -0.161. The number of rotatable bonds is 75. The first-order valence-corrected chi connectivity index (χ1v) is 42.5. The van der Waals surface area contributed by atoms with Gasteiger partial charge in [0, 0.05) is 25.7 Å². The van der Waals surface area contributed by atoms with Gasteiger partial charge >= 0.3 is 39.5 Å². The Morgan fingerprint density at radius 2 is 0.537 bits per heavy atom. The summed E-state index contributed by atoms with van der Waals surface area (Å²) in [5.74, 6) is -0.619. The molecule has 0 spiro atoms. The van der Waals surface area contributed by atoms with E-state index in [-0.39, 0.29) is 25.7 Å². The molecule has 0 fully saturated rings. The molecule has 0 aromatic carbocycles.